The summed E-state index contributed by atoms with van der Waals surface area (Å²) in [5, 5.41) is 3.93. The second-order valence-corrected chi connectivity index (χ2v) is 7.00. The average Bonchev–Trinajstić information content (AvgIpc) is 2.58. The Morgan fingerprint density at radius 2 is 2.29 bits per heavy atom. The van der Waals surface area contributed by atoms with E-state index in [1.54, 1.807) is 7.05 Å². The second kappa shape index (κ2) is 6.17. The molecule has 0 bridgehead atoms. The first kappa shape index (κ1) is 14.9. The Morgan fingerprint density at radius 3 is 2.76 bits per heavy atom. The van der Waals surface area contributed by atoms with Crippen LogP contribution in [-0.4, -0.2) is 29.6 Å². The van der Waals surface area contributed by atoms with Crippen molar-refractivity contribution in [3.63, 3.8) is 0 Å². The number of halogens is 2. The number of sulfonamides is 1. The van der Waals surface area contributed by atoms with E-state index in [4.69, 9.17) is 11.6 Å². The van der Waals surface area contributed by atoms with Gasteiger partial charge >= 0.3 is 0 Å². The normalized spacial score (nSPS) is 13.9. The van der Waals surface area contributed by atoms with Crippen molar-refractivity contribution >= 4 is 37.6 Å². The van der Waals surface area contributed by atoms with Crippen molar-refractivity contribution in [2.75, 3.05) is 6.54 Å². The van der Waals surface area contributed by atoms with Crippen LogP contribution in [0.4, 0.5) is 0 Å². The summed E-state index contributed by atoms with van der Waals surface area (Å²) < 4.78 is 27.6. The third-order valence-electron chi connectivity index (χ3n) is 2.29. The zero-order valence-electron chi connectivity index (χ0n) is 9.65. The largest absolute Gasteiger partial charge is 0.259 e. The fourth-order valence-corrected chi connectivity index (χ4v) is 3.25. The number of hydrogen-bond acceptors (Lipinski definition) is 3. The van der Waals surface area contributed by atoms with E-state index < -0.39 is 10.0 Å². The maximum Gasteiger partial charge on any atom is 0.259 e. The number of rotatable bonds is 6. The highest BCUT2D eigenvalue weighted by atomic mass is 79.9. The van der Waals surface area contributed by atoms with Gasteiger partial charge in [0.15, 0.2) is 5.03 Å². The number of hydrogen-bond donors (Lipinski definition) is 1. The summed E-state index contributed by atoms with van der Waals surface area (Å²) in [6, 6.07) is 0. The number of aryl methyl sites for hydroxylation is 1. The van der Waals surface area contributed by atoms with Gasteiger partial charge in [-0.2, -0.15) is 5.10 Å². The van der Waals surface area contributed by atoms with Crippen molar-refractivity contribution in [2.24, 2.45) is 7.05 Å². The van der Waals surface area contributed by atoms with Crippen molar-refractivity contribution in [1.82, 2.24) is 14.5 Å². The molecule has 5 nitrogen and oxygen atoms in total. The zero-order chi connectivity index (χ0) is 13.1. The Kier molecular flexibility index (Phi) is 5.43. The van der Waals surface area contributed by atoms with Crippen LogP contribution in [0.15, 0.2) is 11.2 Å². The molecule has 0 aromatic carbocycles. The lowest BCUT2D eigenvalue weighted by molar-refractivity contribution is 0.560. The van der Waals surface area contributed by atoms with E-state index in [2.05, 4.69) is 25.8 Å². The average molecular weight is 345 g/mol. The van der Waals surface area contributed by atoms with Crippen LogP contribution in [0, 0.1) is 0 Å². The van der Waals surface area contributed by atoms with Gasteiger partial charge in [0, 0.05) is 18.4 Å². The van der Waals surface area contributed by atoms with Crippen molar-refractivity contribution < 1.29 is 8.42 Å². The molecule has 1 N–H and O–H groups in total. The Morgan fingerprint density at radius 1 is 1.65 bits per heavy atom. The van der Waals surface area contributed by atoms with Gasteiger partial charge in [0.25, 0.3) is 10.0 Å². The standard InChI is InChI=1S/C9H15BrClN3O2S/c1-3-7(10)4-5-13-17(15,16)9-8(11)6-12-14(9)2/h6-7,13H,3-5H2,1-2H3. The summed E-state index contributed by atoms with van der Waals surface area (Å²) in [6.07, 6.45) is 2.99. The summed E-state index contributed by atoms with van der Waals surface area (Å²) in [4.78, 5) is 0.312. The Bertz CT molecular complexity index is 455. The first-order valence-corrected chi connectivity index (χ1v) is 7.97. The van der Waals surface area contributed by atoms with Crippen LogP contribution in [0.25, 0.3) is 0 Å². The minimum absolute atomic E-state index is 0.00166. The van der Waals surface area contributed by atoms with Crippen molar-refractivity contribution in [2.45, 2.75) is 29.6 Å². The van der Waals surface area contributed by atoms with Gasteiger partial charge in [-0.05, 0) is 12.8 Å². The molecule has 1 aromatic rings. The third kappa shape index (κ3) is 3.94. The van der Waals surface area contributed by atoms with E-state index in [1.165, 1.54) is 10.9 Å². The first-order valence-electron chi connectivity index (χ1n) is 5.19. The quantitative estimate of drug-likeness (QED) is 0.802. The predicted molar refractivity (Wildman–Crippen MR) is 71.0 cm³/mol. The van der Waals surface area contributed by atoms with Gasteiger partial charge in [0.1, 0.15) is 0 Å². The van der Waals surface area contributed by atoms with Crippen molar-refractivity contribution in [1.29, 1.82) is 0 Å². The van der Waals surface area contributed by atoms with Crippen LogP contribution < -0.4 is 4.72 Å². The van der Waals surface area contributed by atoms with Crippen LogP contribution >= 0.6 is 27.5 Å². The van der Waals surface area contributed by atoms with Crippen LogP contribution in [-0.2, 0) is 17.1 Å². The number of aromatic nitrogens is 2. The molecule has 0 aliphatic rings. The smallest absolute Gasteiger partial charge is 0.255 e. The van der Waals surface area contributed by atoms with Gasteiger partial charge in [0.05, 0.1) is 11.2 Å². The number of nitrogens with zero attached hydrogens (tertiary/aromatic N) is 2. The highest BCUT2D eigenvalue weighted by Gasteiger charge is 2.22. The van der Waals surface area contributed by atoms with Crippen LogP contribution in [0.5, 0.6) is 0 Å². The molecule has 0 amide bonds. The fourth-order valence-electron chi connectivity index (χ4n) is 1.32. The predicted octanol–water partition coefficient (Wildman–Crippen LogP) is 1.92. The van der Waals surface area contributed by atoms with E-state index in [0.717, 1.165) is 12.8 Å². The molecule has 0 radical (unpaired) electrons. The molecular formula is C9H15BrClN3O2S. The Hall–Kier alpha value is -0.110. The Labute approximate surface area is 115 Å². The SMILES string of the molecule is CCC(Br)CCNS(=O)(=O)c1c(Cl)cnn1C. The molecule has 17 heavy (non-hydrogen) atoms. The van der Waals surface area contributed by atoms with Crippen LogP contribution in [0.1, 0.15) is 19.8 Å². The lowest BCUT2D eigenvalue weighted by Gasteiger charge is -2.09. The molecule has 0 saturated carbocycles. The molecule has 0 aliphatic heterocycles. The minimum atomic E-state index is -3.58. The first-order chi connectivity index (χ1) is 7.88. The maximum absolute atomic E-state index is 11.9. The minimum Gasteiger partial charge on any atom is -0.255 e. The summed E-state index contributed by atoms with van der Waals surface area (Å²) in [5.74, 6) is 0. The molecule has 1 heterocycles. The van der Waals surface area contributed by atoms with Crippen LogP contribution in [0.2, 0.25) is 5.02 Å². The molecular weight excluding hydrogens is 330 g/mol. The summed E-state index contributed by atoms with van der Waals surface area (Å²) in [7, 11) is -2.04. The maximum atomic E-state index is 11.9. The third-order valence-corrected chi connectivity index (χ3v) is 5.36. The van der Waals surface area contributed by atoms with E-state index in [1.807, 2.05) is 6.92 Å². The number of alkyl halides is 1. The molecule has 98 valence electrons. The monoisotopic (exact) mass is 343 g/mol. The van der Waals surface area contributed by atoms with Crippen molar-refractivity contribution in [3.8, 4) is 0 Å². The molecule has 1 unspecified atom stereocenters. The molecule has 8 heteroatoms. The molecule has 0 saturated heterocycles. The highest BCUT2D eigenvalue weighted by molar-refractivity contribution is 9.09. The van der Waals surface area contributed by atoms with Crippen LogP contribution in [0.3, 0.4) is 0 Å². The fraction of sp³-hybridized carbons (Fsp3) is 0.667. The van der Waals surface area contributed by atoms with Gasteiger partial charge in [0.2, 0.25) is 0 Å². The topological polar surface area (TPSA) is 64.0 Å². The lowest BCUT2D eigenvalue weighted by atomic mass is 10.2. The van der Waals surface area contributed by atoms with E-state index >= 15 is 0 Å². The van der Waals surface area contributed by atoms with Gasteiger partial charge in [-0.3, -0.25) is 4.68 Å². The van der Waals surface area contributed by atoms with Crippen molar-refractivity contribution in [3.05, 3.63) is 11.2 Å². The highest BCUT2D eigenvalue weighted by Crippen LogP contribution is 2.19. The number of nitrogens with one attached hydrogen (secondary N) is 1. The van der Waals surface area contributed by atoms with Gasteiger partial charge in [-0.25, -0.2) is 13.1 Å². The van der Waals surface area contributed by atoms with Gasteiger partial charge < -0.3 is 0 Å². The van der Waals surface area contributed by atoms with Gasteiger partial charge in [-0.15, -0.1) is 0 Å². The molecule has 0 spiro atoms. The summed E-state index contributed by atoms with van der Waals surface area (Å²) in [6.45, 7) is 2.40. The molecule has 0 fully saturated rings. The summed E-state index contributed by atoms with van der Waals surface area (Å²) >= 11 is 9.23. The second-order valence-electron chi connectivity index (χ2n) is 3.61. The van der Waals surface area contributed by atoms with E-state index in [9.17, 15) is 8.42 Å². The zero-order valence-corrected chi connectivity index (χ0v) is 12.8. The van der Waals surface area contributed by atoms with E-state index in [0.29, 0.717) is 11.4 Å². The van der Waals surface area contributed by atoms with E-state index in [-0.39, 0.29) is 10.0 Å². The summed E-state index contributed by atoms with van der Waals surface area (Å²) in [5.41, 5.74) is 0. The molecule has 1 aromatic heterocycles. The van der Waals surface area contributed by atoms with Gasteiger partial charge in [-0.1, -0.05) is 34.5 Å². The Balaban J connectivity index is 2.70. The lowest BCUT2D eigenvalue weighted by Crippen LogP contribution is -2.28. The molecule has 1 atom stereocenters. The molecule has 0 aliphatic carbocycles. The molecule has 1 rings (SSSR count).